The van der Waals surface area contributed by atoms with Gasteiger partial charge in [0.15, 0.2) is 0 Å². The van der Waals surface area contributed by atoms with Crippen molar-refractivity contribution in [3.05, 3.63) is 48.2 Å². The van der Waals surface area contributed by atoms with Gasteiger partial charge in [-0.2, -0.15) is 0 Å². The van der Waals surface area contributed by atoms with Gasteiger partial charge in [0, 0.05) is 51.5 Å². The van der Waals surface area contributed by atoms with Gasteiger partial charge in [-0.1, -0.05) is 12.1 Å². The zero-order valence-electron chi connectivity index (χ0n) is 17.0. The minimum atomic E-state index is 0. The number of aromatic nitrogens is 1. The van der Waals surface area contributed by atoms with Crippen LogP contribution in [0.5, 0.6) is 5.75 Å². The largest absolute Gasteiger partial charge is 0.495 e. The molecule has 7 nitrogen and oxygen atoms in total. The molecular formula is C21H29Cl2N5O2. The molecule has 2 fully saturated rings. The van der Waals surface area contributed by atoms with Crippen molar-refractivity contribution >= 4 is 42.2 Å². The monoisotopic (exact) mass is 453 g/mol. The number of piperazine rings is 1. The predicted molar refractivity (Wildman–Crippen MR) is 124 cm³/mol. The van der Waals surface area contributed by atoms with Gasteiger partial charge in [-0.3, -0.25) is 9.69 Å². The number of methoxy groups -OCH3 is 1. The lowest BCUT2D eigenvalue weighted by Gasteiger charge is -2.32. The third-order valence-electron chi connectivity index (χ3n) is 5.52. The summed E-state index contributed by atoms with van der Waals surface area (Å²) in [7, 11) is 1.63. The second-order valence-electron chi connectivity index (χ2n) is 7.20. The van der Waals surface area contributed by atoms with E-state index in [1.54, 1.807) is 13.3 Å². The van der Waals surface area contributed by atoms with Crippen molar-refractivity contribution in [2.24, 2.45) is 0 Å². The summed E-state index contributed by atoms with van der Waals surface area (Å²) in [5.74, 6) is 1.30. The van der Waals surface area contributed by atoms with Crippen molar-refractivity contribution in [1.29, 1.82) is 0 Å². The summed E-state index contributed by atoms with van der Waals surface area (Å²) in [6.07, 6.45) is 2.73. The molecule has 2 N–H and O–H groups in total. The van der Waals surface area contributed by atoms with Crippen LogP contribution in [0.4, 0.5) is 11.5 Å². The normalized spacial score (nSPS) is 18.8. The average molecular weight is 454 g/mol. The quantitative estimate of drug-likeness (QED) is 0.725. The molecule has 2 saturated heterocycles. The smallest absolute Gasteiger partial charge is 0.257 e. The molecule has 3 heterocycles. The van der Waals surface area contributed by atoms with Crippen molar-refractivity contribution in [2.45, 2.75) is 12.5 Å². The van der Waals surface area contributed by atoms with Crippen LogP contribution < -0.4 is 15.4 Å². The summed E-state index contributed by atoms with van der Waals surface area (Å²) in [6.45, 7) is 5.73. The number of pyridine rings is 1. The van der Waals surface area contributed by atoms with Gasteiger partial charge in [0.1, 0.15) is 11.6 Å². The number of carbonyl (C=O) groups is 1. The number of amides is 1. The molecule has 164 valence electrons. The van der Waals surface area contributed by atoms with Crippen molar-refractivity contribution in [1.82, 2.24) is 20.1 Å². The van der Waals surface area contributed by atoms with Gasteiger partial charge in [0.2, 0.25) is 0 Å². The first kappa shape index (κ1) is 24.2. The molecule has 1 atom stereocenters. The van der Waals surface area contributed by atoms with E-state index in [4.69, 9.17) is 4.74 Å². The van der Waals surface area contributed by atoms with Crippen LogP contribution >= 0.6 is 24.8 Å². The Morgan fingerprint density at radius 2 is 1.90 bits per heavy atom. The Bertz CT molecular complexity index is 833. The first-order valence-electron chi connectivity index (χ1n) is 9.85. The minimum Gasteiger partial charge on any atom is -0.495 e. The number of para-hydroxylation sites is 2. The number of likely N-dealkylation sites (tertiary alicyclic amines) is 1. The summed E-state index contributed by atoms with van der Waals surface area (Å²) in [6, 6.07) is 11.7. The molecule has 2 aliphatic rings. The summed E-state index contributed by atoms with van der Waals surface area (Å²) in [5, 5.41) is 6.66. The number of carbonyl (C=O) groups excluding carboxylic acids is 1. The fraction of sp³-hybridized carbons (Fsp3) is 0.429. The number of ether oxygens (including phenoxy) is 1. The van der Waals surface area contributed by atoms with Crippen molar-refractivity contribution in [3.63, 3.8) is 0 Å². The van der Waals surface area contributed by atoms with Gasteiger partial charge < -0.3 is 20.3 Å². The van der Waals surface area contributed by atoms with E-state index in [1.165, 1.54) is 0 Å². The molecule has 1 amide bonds. The molecule has 1 aromatic carbocycles. The maximum absolute atomic E-state index is 13.2. The molecule has 1 unspecified atom stereocenters. The highest BCUT2D eigenvalue weighted by atomic mass is 35.5. The molecule has 4 rings (SSSR count). The minimum absolute atomic E-state index is 0. The highest BCUT2D eigenvalue weighted by Gasteiger charge is 2.32. The van der Waals surface area contributed by atoms with Crippen LogP contribution in [0.2, 0.25) is 0 Å². The Balaban J connectivity index is 0.00000160. The predicted octanol–water partition coefficient (Wildman–Crippen LogP) is 2.80. The number of hydrogen-bond donors (Lipinski definition) is 2. The summed E-state index contributed by atoms with van der Waals surface area (Å²) >= 11 is 0. The Morgan fingerprint density at radius 3 is 2.67 bits per heavy atom. The van der Waals surface area contributed by atoms with Gasteiger partial charge in [0.25, 0.3) is 5.91 Å². The molecule has 0 bridgehead atoms. The zero-order chi connectivity index (χ0) is 19.3. The standard InChI is InChI=1S/C21H27N5O2.2ClH/c1-28-19-7-3-2-6-18(19)24-20-17(5-4-9-23-20)21(27)26-12-8-16(15-26)25-13-10-22-11-14-25;;/h2-7,9,16,22H,8,10-15H2,1H3,(H,23,24);2*1H. The van der Waals surface area contributed by atoms with E-state index in [-0.39, 0.29) is 30.7 Å². The highest BCUT2D eigenvalue weighted by molar-refractivity contribution is 5.99. The first-order valence-corrected chi connectivity index (χ1v) is 9.85. The van der Waals surface area contributed by atoms with Crippen LogP contribution in [0.3, 0.4) is 0 Å². The van der Waals surface area contributed by atoms with Gasteiger partial charge in [-0.25, -0.2) is 4.98 Å². The number of nitrogens with zero attached hydrogens (tertiary/aromatic N) is 3. The van der Waals surface area contributed by atoms with E-state index in [0.717, 1.165) is 51.4 Å². The van der Waals surface area contributed by atoms with Crippen LogP contribution in [0.1, 0.15) is 16.8 Å². The average Bonchev–Trinajstić information content (AvgIpc) is 3.25. The Labute approximate surface area is 190 Å². The fourth-order valence-electron chi connectivity index (χ4n) is 3.99. The second kappa shape index (κ2) is 11.4. The molecule has 0 saturated carbocycles. The third kappa shape index (κ3) is 5.35. The second-order valence-corrected chi connectivity index (χ2v) is 7.20. The van der Waals surface area contributed by atoms with Gasteiger partial charge in [-0.05, 0) is 30.7 Å². The zero-order valence-corrected chi connectivity index (χ0v) is 18.7. The molecule has 0 aliphatic carbocycles. The maximum Gasteiger partial charge on any atom is 0.257 e. The SMILES string of the molecule is COc1ccccc1Nc1ncccc1C(=O)N1CCC(N2CCNCC2)C1.Cl.Cl. The van der Waals surface area contributed by atoms with Crippen molar-refractivity contribution in [2.75, 3.05) is 51.7 Å². The van der Waals surface area contributed by atoms with Crippen LogP contribution in [0.25, 0.3) is 0 Å². The fourth-order valence-corrected chi connectivity index (χ4v) is 3.99. The number of rotatable bonds is 5. The Morgan fingerprint density at radius 1 is 1.13 bits per heavy atom. The maximum atomic E-state index is 13.2. The summed E-state index contributed by atoms with van der Waals surface area (Å²) in [4.78, 5) is 22.1. The van der Waals surface area contributed by atoms with Gasteiger partial charge in [-0.15, -0.1) is 24.8 Å². The molecule has 30 heavy (non-hydrogen) atoms. The van der Waals surface area contributed by atoms with E-state index >= 15 is 0 Å². The van der Waals surface area contributed by atoms with Crippen molar-refractivity contribution < 1.29 is 9.53 Å². The number of nitrogens with one attached hydrogen (secondary N) is 2. The van der Waals surface area contributed by atoms with Crippen LogP contribution in [0, 0.1) is 0 Å². The number of hydrogen-bond acceptors (Lipinski definition) is 6. The molecule has 1 aromatic heterocycles. The molecular weight excluding hydrogens is 425 g/mol. The third-order valence-corrected chi connectivity index (χ3v) is 5.52. The van der Waals surface area contributed by atoms with E-state index in [9.17, 15) is 4.79 Å². The molecule has 0 spiro atoms. The molecule has 0 radical (unpaired) electrons. The lowest BCUT2D eigenvalue weighted by molar-refractivity contribution is 0.0774. The first-order chi connectivity index (χ1) is 13.8. The number of benzene rings is 1. The van der Waals surface area contributed by atoms with E-state index in [2.05, 4.69) is 20.5 Å². The van der Waals surface area contributed by atoms with Gasteiger partial charge in [0.05, 0.1) is 18.4 Å². The molecule has 9 heteroatoms. The van der Waals surface area contributed by atoms with E-state index in [0.29, 0.717) is 23.2 Å². The van der Waals surface area contributed by atoms with Crippen LogP contribution in [0.15, 0.2) is 42.6 Å². The molecule has 2 aromatic rings. The summed E-state index contributed by atoms with van der Waals surface area (Å²) < 4.78 is 5.40. The number of halogens is 2. The van der Waals surface area contributed by atoms with Gasteiger partial charge >= 0.3 is 0 Å². The highest BCUT2D eigenvalue weighted by Crippen LogP contribution is 2.28. The summed E-state index contributed by atoms with van der Waals surface area (Å²) in [5.41, 5.74) is 1.38. The van der Waals surface area contributed by atoms with E-state index in [1.807, 2.05) is 41.3 Å². The molecule has 2 aliphatic heterocycles. The Hall–Kier alpha value is -2.06. The lowest BCUT2D eigenvalue weighted by atomic mass is 10.2. The van der Waals surface area contributed by atoms with Crippen LogP contribution in [-0.2, 0) is 0 Å². The van der Waals surface area contributed by atoms with E-state index < -0.39 is 0 Å². The van der Waals surface area contributed by atoms with Crippen molar-refractivity contribution in [3.8, 4) is 5.75 Å². The number of anilines is 2. The lowest BCUT2D eigenvalue weighted by Crippen LogP contribution is -2.49. The van der Waals surface area contributed by atoms with Crippen LogP contribution in [-0.4, -0.2) is 73.1 Å². The Kier molecular flexibility index (Phi) is 9.17. The topological polar surface area (TPSA) is 69.7 Å².